The van der Waals surface area contributed by atoms with Crippen molar-refractivity contribution in [3.05, 3.63) is 0 Å². The van der Waals surface area contributed by atoms with Crippen LogP contribution < -0.4 is 67.5 Å². The summed E-state index contributed by atoms with van der Waals surface area (Å²) in [5.74, 6) is 0. The van der Waals surface area contributed by atoms with Crippen molar-refractivity contribution in [2.24, 2.45) is 0 Å². The fourth-order valence-corrected chi connectivity index (χ4v) is 0. The molecule has 0 aliphatic carbocycles. The van der Waals surface area contributed by atoms with Crippen LogP contribution >= 0.6 is 0 Å². The van der Waals surface area contributed by atoms with Crippen molar-refractivity contribution in [2.45, 2.75) is 0 Å². The van der Waals surface area contributed by atoms with Crippen LogP contribution in [-0.4, -0.2) is 25.4 Å². The van der Waals surface area contributed by atoms with Crippen LogP contribution in [0.5, 0.6) is 0 Å². The van der Waals surface area contributed by atoms with E-state index >= 15 is 0 Å². The van der Waals surface area contributed by atoms with Gasteiger partial charge in [-0.1, -0.05) is 0 Å². The summed E-state index contributed by atoms with van der Waals surface area (Å²) in [5, 5.41) is 0. The van der Waals surface area contributed by atoms with E-state index in [0.717, 1.165) is 0 Å². The van der Waals surface area contributed by atoms with E-state index in [9.17, 15) is 0 Å². The fourth-order valence-electron chi connectivity index (χ4n) is 0. The molecule has 0 aromatic carbocycles. The van der Waals surface area contributed by atoms with Crippen LogP contribution in [0.3, 0.4) is 0 Å². The van der Waals surface area contributed by atoms with Crippen LogP contribution in [0, 0.1) is 0 Å². The second kappa shape index (κ2) is 22.9. The van der Waals surface area contributed by atoms with Gasteiger partial charge >= 0.3 is 85.8 Å². The van der Waals surface area contributed by atoms with E-state index in [0.29, 0.717) is 0 Å². The molecule has 0 fully saturated rings. The summed E-state index contributed by atoms with van der Waals surface area (Å²) in [7, 11) is 0. The van der Waals surface area contributed by atoms with Crippen LogP contribution in [0.15, 0.2) is 0 Å². The molecule has 0 aromatic rings. The van der Waals surface area contributed by atoms with Gasteiger partial charge in [-0.05, 0) is 0 Å². The van der Waals surface area contributed by atoms with E-state index in [1.54, 1.807) is 0 Å². The normalized spacial score (nSPS) is 4.38. The van der Waals surface area contributed by atoms with Crippen molar-refractivity contribution in [3.63, 3.8) is 0 Å². The predicted molar refractivity (Wildman–Crippen MR) is 13.7 cm³/mol. The smallest absolute Gasteiger partial charge is 1.00 e. The molecular formula is H4Na2O5Se. The van der Waals surface area contributed by atoms with Crippen LogP contribution in [-0.2, 0) is 3.83 Å². The van der Waals surface area contributed by atoms with Crippen LogP contribution in [0.2, 0.25) is 0 Å². The van der Waals surface area contributed by atoms with Crippen molar-refractivity contribution < 1.29 is 82.3 Å². The zero-order chi connectivity index (χ0) is 3.58. The molecule has 0 unspecified atom stereocenters. The van der Waals surface area contributed by atoms with Crippen LogP contribution in [0.4, 0.5) is 0 Å². The Morgan fingerprint density at radius 3 is 1.00 bits per heavy atom. The molecule has 0 bridgehead atoms. The molecule has 0 saturated carbocycles. The Bertz CT molecular complexity index is 33.4. The molecule has 4 N–H and O–H groups in total. The molecule has 0 amide bonds. The first-order valence-corrected chi connectivity index (χ1v) is 2.60. The van der Waals surface area contributed by atoms with Gasteiger partial charge in [-0.25, -0.2) is 0 Å². The SMILES string of the molecule is O.O.O=[Se]([O-])[O-].[Na+].[Na+]. The maximum atomic E-state index is 8.54. The van der Waals surface area contributed by atoms with E-state index in [1.807, 2.05) is 0 Å². The van der Waals surface area contributed by atoms with Crippen molar-refractivity contribution in [1.82, 2.24) is 0 Å². The molecule has 0 aromatic heterocycles. The van der Waals surface area contributed by atoms with E-state index in [1.165, 1.54) is 0 Å². The maximum absolute atomic E-state index is 8.54. The van der Waals surface area contributed by atoms with Gasteiger partial charge in [-0.15, -0.1) is 0 Å². The standard InChI is InChI=1S/2Na.H2O3Se.2H2O/c;;1-4(2)3;;/h;;(H2,1,2,3);2*1H2/q2*+1;;;/p-2. The van der Waals surface area contributed by atoms with Gasteiger partial charge in [0.05, 0.1) is 0 Å². The van der Waals surface area contributed by atoms with E-state index in [4.69, 9.17) is 12.2 Å². The second-order valence-electron chi connectivity index (χ2n) is 0.204. The average Bonchev–Trinajstić information content (AvgIpc) is 0.811. The Morgan fingerprint density at radius 1 is 1.00 bits per heavy atom. The first-order chi connectivity index (χ1) is 1.73. The third-order valence-corrected chi connectivity index (χ3v) is 0. The summed E-state index contributed by atoms with van der Waals surface area (Å²) in [6, 6.07) is 0. The first kappa shape index (κ1) is 32.0. The average molecular weight is 209 g/mol. The quantitative estimate of drug-likeness (QED) is 0.367. The minimum Gasteiger partial charge on any atom is 1.00 e. The predicted octanol–water partition coefficient (Wildman–Crippen LogP) is -10.5. The fraction of sp³-hybridized carbons (Fsp3) is 0. The minimum atomic E-state index is -3.79. The molecule has 0 radical (unpaired) electrons. The summed E-state index contributed by atoms with van der Waals surface area (Å²) in [5.41, 5.74) is 0. The Labute approximate surface area is 95.4 Å². The Kier molecular flexibility index (Phi) is 91.7. The van der Waals surface area contributed by atoms with Gasteiger partial charge in [0.2, 0.25) is 0 Å². The van der Waals surface area contributed by atoms with Crippen LogP contribution in [0.1, 0.15) is 0 Å². The summed E-state index contributed by atoms with van der Waals surface area (Å²) < 4.78 is 25.6. The molecular weight excluding hydrogens is 205 g/mol. The summed E-state index contributed by atoms with van der Waals surface area (Å²) in [6.07, 6.45) is 0. The van der Waals surface area contributed by atoms with Crippen molar-refractivity contribution in [3.8, 4) is 0 Å². The van der Waals surface area contributed by atoms with E-state index in [-0.39, 0.29) is 70.1 Å². The zero-order valence-corrected chi connectivity index (χ0v) is 10.3. The Morgan fingerprint density at radius 2 is 1.00 bits per heavy atom. The topological polar surface area (TPSA) is 126 Å². The number of hydrogen-bond acceptors (Lipinski definition) is 3. The molecule has 0 spiro atoms. The van der Waals surface area contributed by atoms with Gasteiger partial charge in [0.15, 0.2) is 0 Å². The van der Waals surface area contributed by atoms with Gasteiger partial charge in [0.25, 0.3) is 0 Å². The van der Waals surface area contributed by atoms with Crippen molar-refractivity contribution in [2.75, 3.05) is 0 Å². The van der Waals surface area contributed by atoms with Crippen LogP contribution in [0.25, 0.3) is 0 Å². The number of rotatable bonds is 0. The Balaban J connectivity index is -0.00000000750. The van der Waals surface area contributed by atoms with Crippen molar-refractivity contribution in [1.29, 1.82) is 0 Å². The molecule has 0 heterocycles. The van der Waals surface area contributed by atoms with Gasteiger partial charge < -0.3 is 11.0 Å². The third-order valence-electron chi connectivity index (χ3n) is 0. The van der Waals surface area contributed by atoms with Gasteiger partial charge in [0, 0.05) is 0 Å². The van der Waals surface area contributed by atoms with E-state index in [2.05, 4.69) is 0 Å². The Hall–Kier alpha value is 2.16. The zero-order valence-electron chi connectivity index (χ0n) is 4.63. The minimum absolute atomic E-state index is 0. The molecule has 0 atom stereocenters. The molecule has 0 rings (SSSR count). The maximum Gasteiger partial charge on any atom is 1.00 e. The summed E-state index contributed by atoms with van der Waals surface area (Å²) in [6.45, 7) is 0. The molecule has 0 saturated heterocycles. The van der Waals surface area contributed by atoms with Gasteiger partial charge in [-0.3, -0.25) is 0 Å². The number of hydrogen-bond donors (Lipinski definition) is 0. The summed E-state index contributed by atoms with van der Waals surface area (Å²) in [4.78, 5) is 0. The third kappa shape index (κ3) is 89.7. The molecule has 5 nitrogen and oxygen atoms in total. The van der Waals surface area contributed by atoms with Crippen molar-refractivity contribution >= 4 is 14.5 Å². The van der Waals surface area contributed by atoms with Gasteiger partial charge in [0.1, 0.15) is 0 Å². The molecule has 42 valence electrons. The molecule has 0 aliphatic heterocycles. The molecule has 8 heavy (non-hydrogen) atoms. The van der Waals surface area contributed by atoms with E-state index < -0.39 is 14.5 Å². The van der Waals surface area contributed by atoms with Gasteiger partial charge in [-0.2, -0.15) is 0 Å². The summed E-state index contributed by atoms with van der Waals surface area (Å²) >= 11 is -3.79. The molecule has 0 aliphatic rings. The second-order valence-corrected chi connectivity index (χ2v) is 1.06. The monoisotopic (exact) mass is 210 g/mol. The largest absolute Gasteiger partial charge is 1.00 e. The first-order valence-electron chi connectivity index (χ1n) is 0.500. The molecule has 8 heteroatoms.